The van der Waals surface area contributed by atoms with Crippen LogP contribution in [-0.4, -0.2) is 13.3 Å². The van der Waals surface area contributed by atoms with E-state index in [1.165, 1.54) is 6.07 Å². The molecule has 3 aromatic carbocycles. The molecule has 7 heteroatoms. The molecule has 128 valence electrons. The number of rotatable bonds is 4. The van der Waals surface area contributed by atoms with Crippen molar-refractivity contribution in [3.63, 3.8) is 0 Å². The van der Waals surface area contributed by atoms with Crippen LogP contribution in [0.5, 0.6) is 5.75 Å². The molecule has 0 amide bonds. The van der Waals surface area contributed by atoms with Crippen LogP contribution in [0.4, 0.5) is 5.69 Å². The quantitative estimate of drug-likeness (QED) is 0.398. The van der Waals surface area contributed by atoms with Crippen molar-refractivity contribution >= 4 is 26.6 Å². The average molecular weight is 357 g/mol. The van der Waals surface area contributed by atoms with Gasteiger partial charge in [-0.3, -0.25) is 10.1 Å². The summed E-state index contributed by atoms with van der Waals surface area (Å²) in [6.45, 7) is 3.22. The first-order valence-electron chi connectivity index (χ1n) is 7.47. The summed E-state index contributed by atoms with van der Waals surface area (Å²) in [5.74, 6) is 0.155. The van der Waals surface area contributed by atoms with E-state index in [-0.39, 0.29) is 16.3 Å². The maximum Gasteiger partial charge on any atom is 0.339 e. The van der Waals surface area contributed by atoms with Gasteiger partial charge in [0, 0.05) is 12.1 Å². The minimum atomic E-state index is -4.20. The Hall–Kier alpha value is -2.93. The summed E-state index contributed by atoms with van der Waals surface area (Å²) in [4.78, 5) is 10.2. The summed E-state index contributed by atoms with van der Waals surface area (Å²) in [5.41, 5.74) is 0.644. The van der Waals surface area contributed by atoms with E-state index in [0.29, 0.717) is 11.1 Å². The highest BCUT2D eigenvalue weighted by atomic mass is 32.2. The zero-order valence-electron chi connectivity index (χ0n) is 13.6. The number of fused-ring (bicyclic) bond motifs is 1. The van der Waals surface area contributed by atoms with Gasteiger partial charge < -0.3 is 4.18 Å². The predicted octanol–water partition coefficient (Wildman–Crippen LogP) is 4.13. The van der Waals surface area contributed by atoms with Crippen LogP contribution in [0.15, 0.2) is 59.5 Å². The molecule has 0 aromatic heterocycles. The highest BCUT2D eigenvalue weighted by Crippen LogP contribution is 2.29. The number of nitro groups is 1. The fraction of sp³-hybridized carbons (Fsp3) is 0.111. The third-order valence-electron chi connectivity index (χ3n) is 4.01. The smallest absolute Gasteiger partial charge is 0.339 e. The summed E-state index contributed by atoms with van der Waals surface area (Å²) >= 11 is 0. The van der Waals surface area contributed by atoms with Crippen molar-refractivity contribution in [2.45, 2.75) is 18.7 Å². The Bertz CT molecular complexity index is 1090. The fourth-order valence-corrected chi connectivity index (χ4v) is 3.81. The molecule has 3 rings (SSSR count). The van der Waals surface area contributed by atoms with E-state index in [0.717, 1.165) is 16.8 Å². The fourth-order valence-electron chi connectivity index (χ4n) is 2.56. The van der Waals surface area contributed by atoms with Gasteiger partial charge in [0.25, 0.3) is 5.69 Å². The van der Waals surface area contributed by atoms with Crippen LogP contribution >= 0.6 is 0 Å². The number of hydrogen-bond donors (Lipinski definition) is 0. The van der Waals surface area contributed by atoms with Crippen LogP contribution in [0.25, 0.3) is 10.8 Å². The van der Waals surface area contributed by atoms with E-state index in [1.807, 2.05) is 24.3 Å². The lowest BCUT2D eigenvalue weighted by atomic mass is 10.1. The zero-order chi connectivity index (χ0) is 18.2. The molecule has 25 heavy (non-hydrogen) atoms. The summed E-state index contributed by atoms with van der Waals surface area (Å²) < 4.78 is 30.5. The van der Waals surface area contributed by atoms with Gasteiger partial charge in [0.05, 0.1) is 4.92 Å². The van der Waals surface area contributed by atoms with Gasteiger partial charge in [0.1, 0.15) is 10.6 Å². The Kier molecular flexibility index (Phi) is 4.18. The predicted molar refractivity (Wildman–Crippen MR) is 94.3 cm³/mol. The molecule has 0 unspecified atom stereocenters. The highest BCUT2D eigenvalue weighted by molar-refractivity contribution is 7.87. The Balaban J connectivity index is 2.05. The normalized spacial score (nSPS) is 11.4. The molecule has 0 fully saturated rings. The van der Waals surface area contributed by atoms with Gasteiger partial charge in [0.15, 0.2) is 0 Å². The molecular weight excluding hydrogens is 342 g/mol. The lowest BCUT2D eigenvalue weighted by Crippen LogP contribution is -2.12. The molecular formula is C18H15NO5S. The van der Waals surface area contributed by atoms with E-state index in [1.54, 1.807) is 32.0 Å². The number of nitro benzene ring substituents is 1. The number of hydrogen-bond acceptors (Lipinski definition) is 5. The van der Waals surface area contributed by atoms with Crippen molar-refractivity contribution in [1.82, 2.24) is 0 Å². The summed E-state index contributed by atoms with van der Waals surface area (Å²) in [7, 11) is -4.20. The molecule has 0 saturated heterocycles. The van der Waals surface area contributed by atoms with Gasteiger partial charge >= 0.3 is 10.1 Å². The Morgan fingerprint density at radius 2 is 1.64 bits per heavy atom. The molecule has 0 atom stereocenters. The molecule has 0 radical (unpaired) electrons. The summed E-state index contributed by atoms with van der Waals surface area (Å²) in [5, 5.41) is 12.8. The SMILES string of the molecule is Cc1cc([N+](=O)[O-])cc(S(=O)(=O)Oc2ccc3ccccc3c2)c1C. The standard InChI is InChI=1S/C18H15NO5S/c1-12-9-16(19(20)21)11-18(13(12)2)25(22,23)24-17-8-7-14-5-3-4-6-15(14)10-17/h3-11H,1-2H3. The molecule has 0 heterocycles. The first-order valence-corrected chi connectivity index (χ1v) is 8.88. The molecule has 0 aliphatic heterocycles. The Morgan fingerprint density at radius 3 is 2.32 bits per heavy atom. The molecule has 0 bridgehead atoms. The van der Waals surface area contributed by atoms with Gasteiger partial charge in [-0.1, -0.05) is 30.3 Å². The zero-order valence-corrected chi connectivity index (χ0v) is 14.4. The maximum absolute atomic E-state index is 12.6. The minimum Gasteiger partial charge on any atom is -0.379 e. The first kappa shape index (κ1) is 16.9. The minimum absolute atomic E-state index is 0.155. The van der Waals surface area contributed by atoms with E-state index >= 15 is 0 Å². The Morgan fingerprint density at radius 1 is 0.960 bits per heavy atom. The van der Waals surface area contributed by atoms with Crippen LogP contribution < -0.4 is 4.18 Å². The summed E-state index contributed by atoms with van der Waals surface area (Å²) in [6.07, 6.45) is 0. The van der Waals surface area contributed by atoms with Gasteiger partial charge in [-0.05, 0) is 47.9 Å². The molecule has 0 aliphatic rings. The van der Waals surface area contributed by atoms with Crippen LogP contribution in [-0.2, 0) is 10.1 Å². The van der Waals surface area contributed by atoms with Crippen molar-refractivity contribution in [3.05, 3.63) is 75.8 Å². The van der Waals surface area contributed by atoms with Gasteiger partial charge in [0.2, 0.25) is 0 Å². The second-order valence-electron chi connectivity index (χ2n) is 5.69. The molecule has 0 aliphatic carbocycles. The van der Waals surface area contributed by atoms with Gasteiger partial charge in [-0.2, -0.15) is 8.42 Å². The van der Waals surface area contributed by atoms with Crippen molar-refractivity contribution < 1.29 is 17.5 Å². The van der Waals surface area contributed by atoms with Crippen LogP contribution in [0.1, 0.15) is 11.1 Å². The van der Waals surface area contributed by atoms with Gasteiger partial charge in [-0.25, -0.2) is 0 Å². The number of non-ortho nitro benzene ring substituents is 1. The second kappa shape index (κ2) is 6.18. The largest absolute Gasteiger partial charge is 0.379 e. The molecule has 6 nitrogen and oxygen atoms in total. The molecule has 0 saturated carbocycles. The van der Waals surface area contributed by atoms with Crippen molar-refractivity contribution in [1.29, 1.82) is 0 Å². The van der Waals surface area contributed by atoms with Crippen LogP contribution in [0.2, 0.25) is 0 Å². The lowest BCUT2D eigenvalue weighted by Gasteiger charge is -2.11. The van der Waals surface area contributed by atoms with E-state index in [2.05, 4.69) is 0 Å². The highest BCUT2D eigenvalue weighted by Gasteiger charge is 2.24. The monoisotopic (exact) mass is 357 g/mol. The third-order valence-corrected chi connectivity index (χ3v) is 5.39. The average Bonchev–Trinajstić information content (AvgIpc) is 2.56. The third kappa shape index (κ3) is 3.32. The molecule has 0 spiro atoms. The lowest BCUT2D eigenvalue weighted by molar-refractivity contribution is -0.385. The van der Waals surface area contributed by atoms with Crippen LogP contribution in [0.3, 0.4) is 0 Å². The van der Waals surface area contributed by atoms with E-state index in [4.69, 9.17) is 4.18 Å². The van der Waals surface area contributed by atoms with E-state index < -0.39 is 15.0 Å². The molecule has 3 aromatic rings. The molecule has 0 N–H and O–H groups in total. The van der Waals surface area contributed by atoms with Crippen LogP contribution in [0, 0.1) is 24.0 Å². The second-order valence-corrected chi connectivity index (χ2v) is 7.20. The Labute approximate surface area is 145 Å². The number of nitrogens with zero attached hydrogens (tertiary/aromatic N) is 1. The first-order chi connectivity index (χ1) is 11.8. The summed E-state index contributed by atoms with van der Waals surface area (Å²) in [6, 6.07) is 14.8. The topological polar surface area (TPSA) is 86.5 Å². The number of aryl methyl sites for hydroxylation is 1. The number of benzene rings is 3. The van der Waals surface area contributed by atoms with Crippen molar-refractivity contribution in [3.8, 4) is 5.75 Å². The van der Waals surface area contributed by atoms with Gasteiger partial charge in [-0.15, -0.1) is 0 Å². The van der Waals surface area contributed by atoms with Crippen molar-refractivity contribution in [2.75, 3.05) is 0 Å². The van der Waals surface area contributed by atoms with Crippen molar-refractivity contribution in [2.24, 2.45) is 0 Å². The van der Waals surface area contributed by atoms with E-state index in [9.17, 15) is 18.5 Å². The maximum atomic E-state index is 12.6.